The molecule has 0 aliphatic carbocycles. The Balaban J connectivity index is 2.21. The Morgan fingerprint density at radius 3 is 2.67 bits per heavy atom. The van der Waals surface area contributed by atoms with E-state index in [1.807, 2.05) is 24.3 Å². The number of para-hydroxylation sites is 1. The highest BCUT2D eigenvalue weighted by Crippen LogP contribution is 2.40. The number of hydrogen-bond acceptors (Lipinski definition) is 2. The number of aryl methyl sites for hydroxylation is 1. The highest BCUT2D eigenvalue weighted by molar-refractivity contribution is 9.10. The molecule has 1 N–H and O–H groups in total. The van der Waals surface area contributed by atoms with E-state index in [1.54, 1.807) is 6.07 Å². The molecule has 0 fully saturated rings. The van der Waals surface area contributed by atoms with Crippen molar-refractivity contribution >= 4 is 33.3 Å². The van der Waals surface area contributed by atoms with E-state index in [4.69, 9.17) is 0 Å². The smallest absolute Gasteiger partial charge is 0.338 e. The van der Waals surface area contributed by atoms with Crippen LogP contribution in [0.2, 0.25) is 0 Å². The van der Waals surface area contributed by atoms with E-state index in [0.717, 1.165) is 24.2 Å². The maximum absolute atomic E-state index is 11.6. The van der Waals surface area contributed by atoms with E-state index in [2.05, 4.69) is 39.9 Å². The Morgan fingerprint density at radius 1 is 1.19 bits per heavy atom. The summed E-state index contributed by atoms with van der Waals surface area (Å²) in [6.07, 6.45) is 2.05. The first-order valence-corrected chi connectivity index (χ1v) is 7.78. The fraction of sp³-hybridized carbons (Fsp3) is 0.235. The van der Waals surface area contributed by atoms with Crippen LogP contribution in [0.15, 0.2) is 46.9 Å². The summed E-state index contributed by atoms with van der Waals surface area (Å²) in [5.41, 5.74) is 3.45. The topological polar surface area (TPSA) is 40.5 Å². The number of carbonyl (C=O) groups is 1. The normalized spacial score (nSPS) is 17.4. The molecule has 0 saturated heterocycles. The first-order valence-electron chi connectivity index (χ1n) is 6.98. The van der Waals surface area contributed by atoms with Gasteiger partial charge in [0.15, 0.2) is 0 Å². The van der Waals surface area contributed by atoms with Crippen molar-refractivity contribution in [2.24, 2.45) is 0 Å². The summed E-state index contributed by atoms with van der Waals surface area (Å²) in [4.78, 5) is 13.8. The molecular formula is C17H16BrNO2. The molecular weight excluding hydrogens is 330 g/mol. The van der Waals surface area contributed by atoms with Gasteiger partial charge < -0.3 is 10.0 Å². The van der Waals surface area contributed by atoms with E-state index in [1.165, 1.54) is 5.56 Å². The van der Waals surface area contributed by atoms with Crippen LogP contribution in [0.3, 0.4) is 0 Å². The van der Waals surface area contributed by atoms with Crippen molar-refractivity contribution in [3.63, 3.8) is 0 Å². The monoisotopic (exact) mass is 345 g/mol. The van der Waals surface area contributed by atoms with Crippen LogP contribution in [0.1, 0.15) is 29.3 Å². The second-order valence-corrected chi connectivity index (χ2v) is 6.18. The number of aromatic carboxylic acids is 1. The first-order chi connectivity index (χ1) is 10.1. The predicted octanol–water partition coefficient (Wildman–Crippen LogP) is 4.62. The Bertz CT molecular complexity index is 699. The third-order valence-corrected chi connectivity index (χ3v) is 4.65. The van der Waals surface area contributed by atoms with Crippen molar-refractivity contribution in [3.05, 3.63) is 58.1 Å². The van der Waals surface area contributed by atoms with Crippen molar-refractivity contribution in [1.29, 1.82) is 0 Å². The molecule has 0 saturated carbocycles. The molecule has 0 radical (unpaired) electrons. The quantitative estimate of drug-likeness (QED) is 0.863. The fourth-order valence-corrected chi connectivity index (χ4v) is 3.51. The minimum Gasteiger partial charge on any atom is -0.478 e. The number of halogens is 1. The third-order valence-electron chi connectivity index (χ3n) is 3.99. The summed E-state index contributed by atoms with van der Waals surface area (Å²) in [7, 11) is 0. The molecule has 0 aromatic heterocycles. The van der Waals surface area contributed by atoms with Gasteiger partial charge in [0.25, 0.3) is 0 Å². The number of carboxylic acid groups (broad SMARTS) is 1. The SMILES string of the molecule is CC1CCc2ccccc2N1c1cccc(Br)c1C(=O)O. The summed E-state index contributed by atoms with van der Waals surface area (Å²) in [5.74, 6) is -0.910. The summed E-state index contributed by atoms with van der Waals surface area (Å²) < 4.78 is 0.614. The van der Waals surface area contributed by atoms with Gasteiger partial charge in [-0.05, 0) is 59.5 Å². The number of rotatable bonds is 2. The standard InChI is InChI=1S/C17H16BrNO2/c1-11-9-10-12-5-2-3-7-14(12)19(11)15-8-4-6-13(18)16(15)17(20)21/h2-8,11H,9-10H2,1H3,(H,20,21). The molecule has 3 nitrogen and oxygen atoms in total. The fourth-order valence-electron chi connectivity index (χ4n) is 2.98. The second-order valence-electron chi connectivity index (χ2n) is 5.33. The first kappa shape index (κ1) is 14.1. The summed E-state index contributed by atoms with van der Waals surface area (Å²) in [6.45, 7) is 2.14. The van der Waals surface area contributed by atoms with Gasteiger partial charge in [-0.1, -0.05) is 24.3 Å². The summed E-state index contributed by atoms with van der Waals surface area (Å²) >= 11 is 3.37. The van der Waals surface area contributed by atoms with Crippen LogP contribution in [0.5, 0.6) is 0 Å². The lowest BCUT2D eigenvalue weighted by Crippen LogP contribution is -2.34. The highest BCUT2D eigenvalue weighted by Gasteiger charge is 2.28. The minimum absolute atomic E-state index is 0.271. The van der Waals surface area contributed by atoms with Crippen molar-refractivity contribution in [2.75, 3.05) is 4.90 Å². The number of nitrogens with zero attached hydrogens (tertiary/aromatic N) is 1. The van der Waals surface area contributed by atoms with E-state index in [9.17, 15) is 9.90 Å². The lowest BCUT2D eigenvalue weighted by atomic mass is 9.95. The Kier molecular flexibility index (Phi) is 3.72. The molecule has 0 amide bonds. The molecule has 1 aliphatic heterocycles. The zero-order valence-electron chi connectivity index (χ0n) is 11.7. The van der Waals surface area contributed by atoms with Gasteiger partial charge in [-0.25, -0.2) is 4.79 Å². The van der Waals surface area contributed by atoms with Gasteiger partial charge in [0.05, 0.1) is 11.3 Å². The van der Waals surface area contributed by atoms with Gasteiger partial charge in [-0.2, -0.15) is 0 Å². The maximum atomic E-state index is 11.6. The highest BCUT2D eigenvalue weighted by atomic mass is 79.9. The largest absolute Gasteiger partial charge is 0.478 e. The van der Waals surface area contributed by atoms with Crippen molar-refractivity contribution < 1.29 is 9.90 Å². The van der Waals surface area contributed by atoms with Crippen molar-refractivity contribution in [1.82, 2.24) is 0 Å². The van der Waals surface area contributed by atoms with Crippen molar-refractivity contribution in [2.45, 2.75) is 25.8 Å². The number of anilines is 2. The Labute approximate surface area is 132 Å². The van der Waals surface area contributed by atoms with Crippen LogP contribution in [-0.4, -0.2) is 17.1 Å². The van der Waals surface area contributed by atoms with Crippen LogP contribution < -0.4 is 4.90 Å². The third kappa shape index (κ3) is 2.44. The molecule has 1 atom stereocenters. The van der Waals surface area contributed by atoms with Gasteiger partial charge in [0.1, 0.15) is 0 Å². The molecule has 0 bridgehead atoms. The Hall–Kier alpha value is -1.81. The van der Waals surface area contributed by atoms with E-state index >= 15 is 0 Å². The Morgan fingerprint density at radius 2 is 1.90 bits per heavy atom. The summed E-state index contributed by atoms with van der Waals surface area (Å²) in [5, 5.41) is 9.55. The van der Waals surface area contributed by atoms with E-state index in [0.29, 0.717) is 10.0 Å². The molecule has 1 unspecified atom stereocenters. The zero-order valence-corrected chi connectivity index (χ0v) is 13.3. The minimum atomic E-state index is -0.910. The number of fused-ring (bicyclic) bond motifs is 1. The number of carboxylic acids is 1. The van der Waals surface area contributed by atoms with Crippen LogP contribution in [0.4, 0.5) is 11.4 Å². The molecule has 1 heterocycles. The van der Waals surface area contributed by atoms with Crippen LogP contribution in [-0.2, 0) is 6.42 Å². The predicted molar refractivity (Wildman–Crippen MR) is 87.5 cm³/mol. The van der Waals surface area contributed by atoms with Gasteiger partial charge in [0, 0.05) is 16.2 Å². The molecule has 2 aromatic carbocycles. The molecule has 108 valence electrons. The number of hydrogen-bond donors (Lipinski definition) is 1. The molecule has 3 rings (SSSR count). The van der Waals surface area contributed by atoms with E-state index < -0.39 is 5.97 Å². The van der Waals surface area contributed by atoms with Gasteiger partial charge in [-0.15, -0.1) is 0 Å². The lowest BCUT2D eigenvalue weighted by molar-refractivity contribution is 0.0696. The zero-order chi connectivity index (χ0) is 15.0. The average Bonchev–Trinajstić information content (AvgIpc) is 2.46. The second kappa shape index (κ2) is 5.53. The lowest BCUT2D eigenvalue weighted by Gasteiger charge is -2.38. The van der Waals surface area contributed by atoms with E-state index in [-0.39, 0.29) is 6.04 Å². The van der Waals surface area contributed by atoms with Crippen molar-refractivity contribution in [3.8, 4) is 0 Å². The molecule has 21 heavy (non-hydrogen) atoms. The maximum Gasteiger partial charge on any atom is 0.338 e. The van der Waals surface area contributed by atoms with Gasteiger partial charge in [-0.3, -0.25) is 0 Å². The summed E-state index contributed by atoms with van der Waals surface area (Å²) in [6, 6.07) is 14.0. The molecule has 1 aliphatic rings. The van der Waals surface area contributed by atoms with Crippen LogP contribution in [0, 0.1) is 0 Å². The number of benzene rings is 2. The van der Waals surface area contributed by atoms with Gasteiger partial charge >= 0.3 is 5.97 Å². The molecule has 4 heteroatoms. The van der Waals surface area contributed by atoms with Gasteiger partial charge in [0.2, 0.25) is 0 Å². The van der Waals surface area contributed by atoms with Crippen LogP contribution >= 0.6 is 15.9 Å². The average molecular weight is 346 g/mol. The van der Waals surface area contributed by atoms with Crippen LogP contribution in [0.25, 0.3) is 0 Å². The molecule has 2 aromatic rings. The molecule has 0 spiro atoms.